The number of amides is 2. The average Bonchev–Trinajstić information content (AvgIpc) is 2.98. The number of nitrogens with one attached hydrogen (secondary N) is 1. The Morgan fingerprint density at radius 2 is 1.95 bits per heavy atom. The molecule has 0 bridgehead atoms. The molecule has 0 radical (unpaired) electrons. The largest absolute Gasteiger partial charge is 0.384 e. The van der Waals surface area contributed by atoms with E-state index in [9.17, 15) is 14.4 Å². The summed E-state index contributed by atoms with van der Waals surface area (Å²) in [6, 6.07) is 7.75. The number of rotatable bonds is 3. The smallest absolute Gasteiger partial charge is 0.333 e. The van der Waals surface area contributed by atoms with E-state index >= 15 is 0 Å². The number of benzene rings is 1. The van der Waals surface area contributed by atoms with Gasteiger partial charge in [-0.1, -0.05) is 18.2 Å². The minimum atomic E-state index is -0.558. The molecule has 1 fully saturated rings. The van der Waals surface area contributed by atoms with Crippen molar-refractivity contribution >= 4 is 23.5 Å². The van der Waals surface area contributed by atoms with E-state index in [4.69, 9.17) is 4.84 Å². The zero-order chi connectivity index (χ0) is 14.1. The van der Waals surface area contributed by atoms with E-state index in [2.05, 4.69) is 5.32 Å². The molecule has 2 aliphatic rings. The minimum absolute atomic E-state index is 0.00603. The van der Waals surface area contributed by atoms with E-state index in [1.807, 2.05) is 24.3 Å². The third-order valence-electron chi connectivity index (χ3n) is 3.55. The van der Waals surface area contributed by atoms with E-state index in [0.29, 0.717) is 11.6 Å². The number of carbonyl (C=O) groups is 3. The van der Waals surface area contributed by atoms with Gasteiger partial charge in [-0.25, -0.2) is 4.79 Å². The molecule has 1 unspecified atom stereocenters. The monoisotopic (exact) mass is 274 g/mol. The van der Waals surface area contributed by atoms with Crippen LogP contribution in [-0.2, 0) is 19.2 Å². The summed E-state index contributed by atoms with van der Waals surface area (Å²) in [5, 5.41) is 3.81. The van der Waals surface area contributed by atoms with Crippen molar-refractivity contribution in [2.24, 2.45) is 0 Å². The molecular weight excluding hydrogens is 260 g/mol. The number of hydroxylamine groups is 2. The number of nitrogens with zero attached hydrogens (tertiary/aromatic N) is 1. The Hall–Kier alpha value is -2.37. The van der Waals surface area contributed by atoms with Gasteiger partial charge in [0.25, 0.3) is 11.8 Å². The van der Waals surface area contributed by atoms with Crippen LogP contribution in [0.1, 0.15) is 30.7 Å². The van der Waals surface area contributed by atoms with Crippen LogP contribution in [0.15, 0.2) is 24.3 Å². The Labute approximate surface area is 115 Å². The fraction of sp³-hybridized carbons (Fsp3) is 0.357. The third kappa shape index (κ3) is 2.24. The molecule has 3 rings (SSSR count). The van der Waals surface area contributed by atoms with Crippen LogP contribution >= 0.6 is 0 Å². The Morgan fingerprint density at radius 3 is 2.70 bits per heavy atom. The average molecular weight is 274 g/mol. The maximum atomic E-state index is 11.9. The molecule has 0 saturated carbocycles. The molecule has 0 aliphatic carbocycles. The van der Waals surface area contributed by atoms with Gasteiger partial charge in [-0.05, 0) is 11.6 Å². The lowest BCUT2D eigenvalue weighted by Crippen LogP contribution is -2.32. The summed E-state index contributed by atoms with van der Waals surface area (Å²) in [6.07, 6.45) is 0.362. The summed E-state index contributed by atoms with van der Waals surface area (Å²) in [7, 11) is 0. The summed E-state index contributed by atoms with van der Waals surface area (Å²) < 4.78 is 0. The van der Waals surface area contributed by atoms with Crippen LogP contribution in [0.25, 0.3) is 0 Å². The Balaban J connectivity index is 1.63. The highest BCUT2D eigenvalue weighted by atomic mass is 16.7. The molecule has 1 saturated heterocycles. The SMILES string of the molecule is O=C(CC1CNc2ccccc21)ON1C(=O)CCC1=O. The molecule has 0 spiro atoms. The first-order chi connectivity index (χ1) is 9.65. The number of hydrogen-bond acceptors (Lipinski definition) is 5. The zero-order valence-corrected chi connectivity index (χ0v) is 10.8. The second-order valence-electron chi connectivity index (χ2n) is 4.91. The van der Waals surface area contributed by atoms with E-state index in [0.717, 1.165) is 11.3 Å². The predicted octanol–water partition coefficient (Wildman–Crippen LogP) is 1.19. The highest BCUT2D eigenvalue weighted by molar-refractivity contribution is 6.01. The summed E-state index contributed by atoms with van der Waals surface area (Å²) in [4.78, 5) is 39.5. The molecule has 20 heavy (non-hydrogen) atoms. The van der Waals surface area contributed by atoms with E-state index < -0.39 is 17.8 Å². The molecule has 2 amide bonds. The lowest BCUT2D eigenvalue weighted by atomic mass is 9.98. The van der Waals surface area contributed by atoms with Gasteiger partial charge in [0.2, 0.25) is 0 Å². The van der Waals surface area contributed by atoms with Crippen molar-refractivity contribution in [1.82, 2.24) is 5.06 Å². The normalized spacial score (nSPS) is 20.8. The fourth-order valence-electron chi connectivity index (χ4n) is 2.54. The van der Waals surface area contributed by atoms with Gasteiger partial charge in [0, 0.05) is 31.0 Å². The van der Waals surface area contributed by atoms with Crippen molar-refractivity contribution in [2.75, 3.05) is 11.9 Å². The topological polar surface area (TPSA) is 75.7 Å². The lowest BCUT2D eigenvalue weighted by molar-refractivity contribution is -0.197. The van der Waals surface area contributed by atoms with Crippen LogP contribution in [0.4, 0.5) is 5.69 Å². The van der Waals surface area contributed by atoms with Gasteiger partial charge in [-0.3, -0.25) is 9.59 Å². The van der Waals surface area contributed by atoms with E-state index in [1.54, 1.807) is 0 Å². The molecule has 1 N–H and O–H groups in total. The summed E-state index contributed by atoms with van der Waals surface area (Å²) in [5.41, 5.74) is 2.07. The van der Waals surface area contributed by atoms with Crippen molar-refractivity contribution in [2.45, 2.75) is 25.2 Å². The Kier molecular flexibility index (Phi) is 3.14. The third-order valence-corrected chi connectivity index (χ3v) is 3.55. The molecular formula is C14H14N2O4. The highest BCUT2D eigenvalue weighted by Crippen LogP contribution is 2.33. The van der Waals surface area contributed by atoms with Crippen LogP contribution in [0.2, 0.25) is 0 Å². The summed E-state index contributed by atoms with van der Waals surface area (Å²) >= 11 is 0. The van der Waals surface area contributed by atoms with Gasteiger partial charge in [0.15, 0.2) is 0 Å². The van der Waals surface area contributed by atoms with Crippen LogP contribution in [-0.4, -0.2) is 29.4 Å². The van der Waals surface area contributed by atoms with Crippen LogP contribution in [0.3, 0.4) is 0 Å². The lowest BCUT2D eigenvalue weighted by Gasteiger charge is -2.14. The number of para-hydroxylation sites is 1. The van der Waals surface area contributed by atoms with E-state index in [-0.39, 0.29) is 25.2 Å². The molecule has 6 heteroatoms. The van der Waals surface area contributed by atoms with Gasteiger partial charge in [0.1, 0.15) is 0 Å². The van der Waals surface area contributed by atoms with Crippen molar-refractivity contribution < 1.29 is 19.2 Å². The summed E-state index contributed by atoms with van der Waals surface area (Å²) in [5.74, 6) is -1.45. The Morgan fingerprint density at radius 1 is 1.25 bits per heavy atom. The number of hydrogen-bond donors (Lipinski definition) is 1. The van der Waals surface area contributed by atoms with Crippen molar-refractivity contribution in [3.8, 4) is 0 Å². The van der Waals surface area contributed by atoms with Crippen molar-refractivity contribution in [3.05, 3.63) is 29.8 Å². The quantitative estimate of drug-likeness (QED) is 0.838. The molecule has 6 nitrogen and oxygen atoms in total. The molecule has 2 aliphatic heterocycles. The van der Waals surface area contributed by atoms with Crippen molar-refractivity contribution in [3.63, 3.8) is 0 Å². The zero-order valence-electron chi connectivity index (χ0n) is 10.8. The number of imide groups is 1. The van der Waals surface area contributed by atoms with Gasteiger partial charge in [-0.15, -0.1) is 5.06 Å². The van der Waals surface area contributed by atoms with Gasteiger partial charge in [0.05, 0.1) is 6.42 Å². The molecule has 1 atom stereocenters. The molecule has 1 aromatic carbocycles. The minimum Gasteiger partial charge on any atom is -0.384 e. The van der Waals surface area contributed by atoms with Gasteiger partial charge in [-0.2, -0.15) is 0 Å². The maximum absolute atomic E-state index is 11.9. The standard InChI is InChI=1S/C14H14N2O4/c17-12-5-6-13(18)16(12)20-14(19)7-9-8-15-11-4-2-1-3-10(9)11/h1-4,9,15H,5-8H2. The maximum Gasteiger partial charge on any atom is 0.333 e. The molecule has 1 aromatic rings. The van der Waals surface area contributed by atoms with E-state index in [1.165, 1.54) is 0 Å². The Bertz CT molecular complexity index is 568. The highest BCUT2D eigenvalue weighted by Gasteiger charge is 2.34. The first kappa shape index (κ1) is 12.7. The van der Waals surface area contributed by atoms with Crippen LogP contribution in [0.5, 0.6) is 0 Å². The van der Waals surface area contributed by atoms with Gasteiger partial charge < -0.3 is 10.2 Å². The fourth-order valence-corrected chi connectivity index (χ4v) is 2.54. The second kappa shape index (κ2) is 4.96. The van der Waals surface area contributed by atoms with Gasteiger partial charge >= 0.3 is 5.97 Å². The first-order valence-electron chi connectivity index (χ1n) is 6.54. The first-order valence-corrected chi connectivity index (χ1v) is 6.54. The molecule has 2 heterocycles. The van der Waals surface area contributed by atoms with Crippen LogP contribution < -0.4 is 5.32 Å². The predicted molar refractivity (Wildman–Crippen MR) is 69.5 cm³/mol. The number of carbonyl (C=O) groups excluding carboxylic acids is 3. The number of fused-ring (bicyclic) bond motifs is 1. The molecule has 0 aromatic heterocycles. The summed E-state index contributed by atoms with van der Waals surface area (Å²) in [6.45, 7) is 0.649. The number of anilines is 1. The second-order valence-corrected chi connectivity index (χ2v) is 4.91. The molecule has 104 valence electrons. The van der Waals surface area contributed by atoms with Crippen molar-refractivity contribution in [1.29, 1.82) is 0 Å². The van der Waals surface area contributed by atoms with Crippen LogP contribution in [0, 0.1) is 0 Å².